The van der Waals surface area contributed by atoms with E-state index in [0.717, 1.165) is 6.54 Å². The van der Waals surface area contributed by atoms with Gasteiger partial charge in [-0.2, -0.15) is 0 Å². The summed E-state index contributed by atoms with van der Waals surface area (Å²) in [6.07, 6.45) is 0. The molecule has 2 heteroatoms. The topological polar surface area (TPSA) is 32.3 Å². The molecule has 2 N–H and O–H groups in total. The van der Waals surface area contributed by atoms with Gasteiger partial charge in [0.1, 0.15) is 0 Å². The van der Waals surface area contributed by atoms with Crippen molar-refractivity contribution >= 4 is 0 Å². The smallest absolute Gasteiger partial charge is 0.0556 e. The fourth-order valence-electron chi connectivity index (χ4n) is 0.908. The van der Waals surface area contributed by atoms with Crippen LogP contribution in [0.2, 0.25) is 0 Å². The Kier molecular flexibility index (Phi) is 3.65. The summed E-state index contributed by atoms with van der Waals surface area (Å²) in [5.74, 6) is 0. The normalized spacial score (nSPS) is 9.91. The Hall–Kier alpha value is -0.860. The predicted octanol–water partition coefficient (Wildman–Crippen LogP) is 0.768. The molecule has 0 heterocycles. The second kappa shape index (κ2) is 4.88. The van der Waals surface area contributed by atoms with Crippen LogP contribution in [-0.2, 0) is 6.54 Å². The number of nitrogens with one attached hydrogen (secondary N) is 1. The summed E-state index contributed by atoms with van der Waals surface area (Å²) in [7, 11) is 0. The highest BCUT2D eigenvalue weighted by Crippen LogP contribution is 1.96. The SMILES string of the molecule is O[13CH2][13CH2][15NH]Cc1ccccc1. The molecule has 0 unspecified atom stereocenters. The van der Waals surface area contributed by atoms with E-state index in [9.17, 15) is 0 Å². The van der Waals surface area contributed by atoms with E-state index in [0.29, 0.717) is 6.54 Å². The molecule has 0 saturated heterocycles. The molecule has 1 aromatic carbocycles. The summed E-state index contributed by atoms with van der Waals surface area (Å²) in [6.45, 7) is 1.70. The molecule has 0 aliphatic carbocycles. The number of aliphatic hydroxyl groups excluding tert-OH is 1. The van der Waals surface area contributed by atoms with E-state index >= 15 is 0 Å². The standard InChI is InChI=1S/C9H13NO/c11-7-6-10-8-9-4-2-1-3-5-9/h1-5,10-11H,6-8H2/i6+1,7+1,10+1. The number of rotatable bonds is 4. The maximum Gasteiger partial charge on any atom is 0.0556 e. The average Bonchev–Trinajstić information content (AvgIpc) is 2.07. The Bertz CT molecular complexity index is 186. The molecule has 0 spiro atoms. The second-order valence-corrected chi connectivity index (χ2v) is 2.39. The Balaban J connectivity index is 2.28. The van der Waals surface area contributed by atoms with E-state index in [1.165, 1.54) is 5.56 Å². The molecule has 0 radical (unpaired) electrons. The van der Waals surface area contributed by atoms with Crippen LogP contribution >= 0.6 is 0 Å². The first-order chi connectivity index (χ1) is 5.43. The van der Waals surface area contributed by atoms with E-state index in [4.69, 9.17) is 5.11 Å². The van der Waals surface area contributed by atoms with Crippen molar-refractivity contribution in [2.24, 2.45) is 0 Å². The van der Waals surface area contributed by atoms with Crippen LogP contribution in [0.25, 0.3) is 0 Å². The van der Waals surface area contributed by atoms with Gasteiger partial charge in [0.25, 0.3) is 0 Å². The van der Waals surface area contributed by atoms with Gasteiger partial charge < -0.3 is 10.4 Å². The summed E-state index contributed by atoms with van der Waals surface area (Å²) in [4.78, 5) is 0. The van der Waals surface area contributed by atoms with Gasteiger partial charge in [0.05, 0.1) is 6.61 Å². The zero-order valence-corrected chi connectivity index (χ0v) is 6.46. The van der Waals surface area contributed by atoms with Gasteiger partial charge in [-0.25, -0.2) is 0 Å². The Morgan fingerprint density at radius 3 is 2.55 bits per heavy atom. The molecule has 0 fully saturated rings. The van der Waals surface area contributed by atoms with E-state index in [1.807, 2.05) is 18.2 Å². The average molecular weight is 154 g/mol. The molecule has 0 amide bonds. The molecule has 0 saturated carbocycles. The van der Waals surface area contributed by atoms with Crippen LogP contribution in [0.5, 0.6) is 0 Å². The number of aliphatic hydroxyl groups is 1. The van der Waals surface area contributed by atoms with Crippen LogP contribution in [0.15, 0.2) is 30.3 Å². The Labute approximate surface area is 66.9 Å². The lowest BCUT2D eigenvalue weighted by Crippen LogP contribution is -2.17. The Morgan fingerprint density at radius 2 is 1.91 bits per heavy atom. The molecule has 0 aliphatic rings. The zero-order valence-electron chi connectivity index (χ0n) is 6.46. The molecule has 1 rings (SSSR count). The molecule has 2 nitrogen and oxygen atoms in total. The first kappa shape index (κ1) is 8.24. The molecule has 0 aromatic heterocycles. The monoisotopic (exact) mass is 154 g/mol. The lowest BCUT2D eigenvalue weighted by Gasteiger charge is -2.01. The summed E-state index contributed by atoms with van der Waals surface area (Å²) >= 11 is 0. The summed E-state index contributed by atoms with van der Waals surface area (Å²) in [6, 6.07) is 10.1. The first-order valence-electron chi connectivity index (χ1n) is 3.79. The van der Waals surface area contributed by atoms with Crippen molar-refractivity contribution in [2.75, 3.05) is 13.2 Å². The van der Waals surface area contributed by atoms with Crippen LogP contribution in [0, 0.1) is 0 Å². The van der Waals surface area contributed by atoms with Crippen molar-refractivity contribution in [1.29, 1.82) is 0 Å². The van der Waals surface area contributed by atoms with E-state index < -0.39 is 0 Å². The van der Waals surface area contributed by atoms with Gasteiger partial charge in [-0.05, 0) is 5.56 Å². The molecule has 0 atom stereocenters. The van der Waals surface area contributed by atoms with E-state index in [1.54, 1.807) is 0 Å². The second-order valence-electron chi connectivity index (χ2n) is 2.39. The van der Waals surface area contributed by atoms with Crippen molar-refractivity contribution in [1.82, 2.24) is 5.32 Å². The minimum atomic E-state index is 0.201. The number of hydrogen-bond donors (Lipinski definition) is 2. The summed E-state index contributed by atoms with van der Waals surface area (Å²) < 4.78 is 0. The fourth-order valence-corrected chi connectivity index (χ4v) is 0.908. The van der Waals surface area contributed by atoms with E-state index in [-0.39, 0.29) is 6.61 Å². The van der Waals surface area contributed by atoms with Gasteiger partial charge in [-0.1, -0.05) is 30.3 Å². The Morgan fingerprint density at radius 1 is 1.18 bits per heavy atom. The highest BCUT2D eigenvalue weighted by atomic mass is 16.3. The van der Waals surface area contributed by atoms with Crippen molar-refractivity contribution in [3.05, 3.63) is 35.9 Å². The van der Waals surface area contributed by atoms with Gasteiger partial charge in [0.15, 0.2) is 0 Å². The first-order valence-corrected chi connectivity index (χ1v) is 3.79. The highest BCUT2D eigenvalue weighted by molar-refractivity contribution is 5.14. The number of hydrogen-bond acceptors (Lipinski definition) is 2. The zero-order chi connectivity index (χ0) is 7.94. The minimum absolute atomic E-state index is 0.201. The highest BCUT2D eigenvalue weighted by Gasteiger charge is 1.87. The van der Waals surface area contributed by atoms with Gasteiger partial charge in [-0.15, -0.1) is 0 Å². The van der Waals surface area contributed by atoms with Gasteiger partial charge >= 0.3 is 0 Å². The molecule has 0 aliphatic heterocycles. The van der Waals surface area contributed by atoms with Crippen LogP contribution in [0.1, 0.15) is 5.56 Å². The summed E-state index contributed by atoms with van der Waals surface area (Å²) in [5, 5.41) is 11.6. The predicted molar refractivity (Wildman–Crippen MR) is 45.2 cm³/mol. The quantitative estimate of drug-likeness (QED) is 0.381. The molecule has 11 heavy (non-hydrogen) atoms. The maximum atomic E-state index is 8.48. The molecular weight excluding hydrogens is 141 g/mol. The maximum absolute atomic E-state index is 8.48. The lowest BCUT2D eigenvalue weighted by atomic mass is 10.2. The van der Waals surface area contributed by atoms with Crippen LogP contribution in [-0.4, -0.2) is 18.3 Å². The molecule has 60 valence electrons. The lowest BCUT2D eigenvalue weighted by molar-refractivity contribution is 0.292. The van der Waals surface area contributed by atoms with Crippen LogP contribution in [0.4, 0.5) is 0 Å². The van der Waals surface area contributed by atoms with Crippen molar-refractivity contribution < 1.29 is 5.11 Å². The van der Waals surface area contributed by atoms with Crippen LogP contribution in [0.3, 0.4) is 0 Å². The third kappa shape index (κ3) is 3.16. The molecule has 1 aromatic rings. The van der Waals surface area contributed by atoms with Crippen LogP contribution < -0.4 is 5.32 Å². The van der Waals surface area contributed by atoms with Gasteiger partial charge in [-0.3, -0.25) is 0 Å². The van der Waals surface area contributed by atoms with Gasteiger partial charge in [0, 0.05) is 13.1 Å². The fraction of sp³-hybridized carbons (Fsp3) is 0.333. The number of benzene rings is 1. The van der Waals surface area contributed by atoms with Crippen molar-refractivity contribution in [3.63, 3.8) is 0 Å². The third-order valence-electron chi connectivity index (χ3n) is 1.46. The molecular formula is C9H13NO. The van der Waals surface area contributed by atoms with E-state index in [2.05, 4.69) is 17.4 Å². The summed E-state index contributed by atoms with van der Waals surface area (Å²) in [5.41, 5.74) is 1.25. The largest absolute Gasteiger partial charge is 0.395 e. The minimum Gasteiger partial charge on any atom is -0.395 e. The third-order valence-corrected chi connectivity index (χ3v) is 1.46. The molecule has 0 bridgehead atoms. The van der Waals surface area contributed by atoms with Crippen molar-refractivity contribution in [2.45, 2.75) is 6.54 Å². The van der Waals surface area contributed by atoms with Gasteiger partial charge in [0.2, 0.25) is 0 Å². The van der Waals surface area contributed by atoms with Crippen molar-refractivity contribution in [3.8, 4) is 0 Å².